The van der Waals surface area contributed by atoms with E-state index >= 15 is 0 Å². The Bertz CT molecular complexity index is 1540. The first kappa shape index (κ1) is 32.6. The molecule has 1 aliphatic rings. The highest BCUT2D eigenvalue weighted by atomic mass is 35.5. The lowest BCUT2D eigenvalue weighted by Gasteiger charge is -2.34. The Labute approximate surface area is 261 Å². The van der Waals surface area contributed by atoms with Gasteiger partial charge in [-0.1, -0.05) is 91.4 Å². The number of rotatable bonds is 11. The molecule has 1 fully saturated rings. The minimum absolute atomic E-state index is 0.0647. The largest absolute Gasteiger partial charge is 0.352 e. The maximum Gasteiger partial charge on any atom is 0.264 e. The molecule has 0 radical (unpaired) electrons. The van der Waals surface area contributed by atoms with Crippen molar-refractivity contribution in [2.45, 2.75) is 89.7 Å². The van der Waals surface area contributed by atoms with Crippen LogP contribution in [0.2, 0.25) is 5.02 Å². The lowest BCUT2D eigenvalue weighted by molar-refractivity contribution is -0.140. The summed E-state index contributed by atoms with van der Waals surface area (Å²) >= 11 is 6.43. The summed E-state index contributed by atoms with van der Waals surface area (Å²) in [6, 6.07) is 18.6. The van der Waals surface area contributed by atoms with E-state index in [1.165, 1.54) is 17.0 Å². The standard InChI is InChI=1S/C34H42ClN3O4S/c1-5-32(34(40)36-28-12-7-6-8-13-28)37(22-27-11-9-10-25(3)20-27)33(39)23-38(29-17-16-26(4)31(35)21-29)43(41,42)30-18-14-24(2)15-19-30/h9-11,14-21,28,32H,5-8,12-13,22-23H2,1-4H3,(H,36,40)/t32-/m1/s1. The number of nitrogens with zero attached hydrogens (tertiary/aromatic N) is 2. The number of amides is 2. The van der Waals surface area contributed by atoms with Gasteiger partial charge in [-0.2, -0.15) is 0 Å². The lowest BCUT2D eigenvalue weighted by Crippen LogP contribution is -2.54. The van der Waals surface area contributed by atoms with E-state index in [4.69, 9.17) is 11.6 Å². The molecule has 1 N–H and O–H groups in total. The molecule has 0 heterocycles. The van der Waals surface area contributed by atoms with Crippen molar-refractivity contribution in [1.29, 1.82) is 0 Å². The van der Waals surface area contributed by atoms with Crippen LogP contribution >= 0.6 is 11.6 Å². The van der Waals surface area contributed by atoms with E-state index in [0.29, 0.717) is 11.4 Å². The average molecular weight is 624 g/mol. The van der Waals surface area contributed by atoms with Crippen molar-refractivity contribution >= 4 is 39.1 Å². The van der Waals surface area contributed by atoms with Crippen LogP contribution in [0.1, 0.15) is 67.7 Å². The zero-order valence-corrected chi connectivity index (χ0v) is 27.0. The molecule has 3 aromatic carbocycles. The molecule has 9 heteroatoms. The summed E-state index contributed by atoms with van der Waals surface area (Å²) < 4.78 is 29.2. The summed E-state index contributed by atoms with van der Waals surface area (Å²) in [7, 11) is -4.16. The molecule has 0 aromatic heterocycles. The van der Waals surface area contributed by atoms with Gasteiger partial charge in [0, 0.05) is 17.6 Å². The maximum absolute atomic E-state index is 14.3. The molecule has 0 unspecified atom stereocenters. The first-order valence-electron chi connectivity index (χ1n) is 15.0. The van der Waals surface area contributed by atoms with E-state index in [2.05, 4.69) is 5.32 Å². The smallest absolute Gasteiger partial charge is 0.264 e. The van der Waals surface area contributed by atoms with E-state index in [0.717, 1.165) is 58.7 Å². The fourth-order valence-corrected chi connectivity index (χ4v) is 7.15. The van der Waals surface area contributed by atoms with Crippen LogP contribution in [-0.2, 0) is 26.2 Å². The fourth-order valence-electron chi connectivity index (χ4n) is 5.57. The second kappa shape index (κ2) is 14.4. The summed E-state index contributed by atoms with van der Waals surface area (Å²) in [5, 5.41) is 3.57. The van der Waals surface area contributed by atoms with E-state index < -0.39 is 28.5 Å². The Kier molecular flexibility index (Phi) is 10.9. The molecule has 1 aliphatic carbocycles. The van der Waals surface area contributed by atoms with Gasteiger partial charge in [0.15, 0.2) is 0 Å². The Morgan fingerprint density at radius 1 is 0.930 bits per heavy atom. The van der Waals surface area contributed by atoms with Crippen molar-refractivity contribution in [2.24, 2.45) is 0 Å². The van der Waals surface area contributed by atoms with Crippen molar-refractivity contribution in [3.63, 3.8) is 0 Å². The Morgan fingerprint density at radius 3 is 2.26 bits per heavy atom. The molecule has 230 valence electrons. The van der Waals surface area contributed by atoms with Gasteiger partial charge in [0.1, 0.15) is 12.6 Å². The molecule has 1 atom stereocenters. The number of sulfonamides is 1. The van der Waals surface area contributed by atoms with E-state index in [1.807, 2.05) is 52.0 Å². The number of benzene rings is 3. The number of hydrogen-bond donors (Lipinski definition) is 1. The third-order valence-corrected chi connectivity index (χ3v) is 10.3. The van der Waals surface area contributed by atoms with Gasteiger partial charge >= 0.3 is 0 Å². The van der Waals surface area contributed by atoms with E-state index in [1.54, 1.807) is 30.3 Å². The van der Waals surface area contributed by atoms with Crippen LogP contribution in [0.3, 0.4) is 0 Å². The van der Waals surface area contributed by atoms with Crippen molar-refractivity contribution in [1.82, 2.24) is 10.2 Å². The van der Waals surface area contributed by atoms with Crippen LogP contribution in [-0.4, -0.2) is 43.8 Å². The minimum atomic E-state index is -4.16. The van der Waals surface area contributed by atoms with Crippen LogP contribution < -0.4 is 9.62 Å². The van der Waals surface area contributed by atoms with Gasteiger partial charge in [0.05, 0.1) is 10.6 Å². The Morgan fingerprint density at radius 2 is 1.63 bits per heavy atom. The second-order valence-electron chi connectivity index (χ2n) is 11.5. The molecule has 2 amide bonds. The molecular formula is C34H42ClN3O4S. The van der Waals surface area contributed by atoms with Crippen molar-refractivity contribution in [2.75, 3.05) is 10.8 Å². The molecule has 4 rings (SSSR count). The fraction of sp³-hybridized carbons (Fsp3) is 0.412. The number of nitrogens with one attached hydrogen (secondary N) is 1. The molecular weight excluding hydrogens is 582 g/mol. The molecule has 7 nitrogen and oxygen atoms in total. The van der Waals surface area contributed by atoms with Gasteiger partial charge in [-0.25, -0.2) is 8.42 Å². The maximum atomic E-state index is 14.3. The predicted octanol–water partition coefficient (Wildman–Crippen LogP) is 6.72. The number of carbonyl (C=O) groups is 2. The number of hydrogen-bond acceptors (Lipinski definition) is 4. The van der Waals surface area contributed by atoms with Gasteiger partial charge in [-0.05, 0) is 75.4 Å². The quantitative estimate of drug-likeness (QED) is 0.257. The van der Waals surface area contributed by atoms with Gasteiger partial charge in [0.2, 0.25) is 11.8 Å². The molecule has 1 saturated carbocycles. The van der Waals surface area contributed by atoms with Gasteiger partial charge in [-0.3, -0.25) is 13.9 Å². The summed E-state index contributed by atoms with van der Waals surface area (Å²) in [4.78, 5) is 29.6. The minimum Gasteiger partial charge on any atom is -0.352 e. The molecule has 0 aliphatic heterocycles. The Hall–Kier alpha value is -3.36. The highest BCUT2D eigenvalue weighted by molar-refractivity contribution is 7.92. The molecule has 0 saturated heterocycles. The van der Waals surface area contributed by atoms with E-state index in [-0.39, 0.29) is 29.1 Å². The third-order valence-electron chi connectivity index (χ3n) is 8.10. The lowest BCUT2D eigenvalue weighted by atomic mass is 9.95. The molecule has 0 bridgehead atoms. The topological polar surface area (TPSA) is 86.8 Å². The highest BCUT2D eigenvalue weighted by Crippen LogP contribution is 2.29. The van der Waals surface area contributed by atoms with Gasteiger partial charge < -0.3 is 10.2 Å². The van der Waals surface area contributed by atoms with Crippen LogP contribution in [0.5, 0.6) is 0 Å². The first-order chi connectivity index (χ1) is 20.5. The average Bonchev–Trinajstić information content (AvgIpc) is 2.98. The van der Waals surface area contributed by atoms with Crippen LogP contribution in [0, 0.1) is 20.8 Å². The number of carbonyl (C=O) groups excluding carboxylic acids is 2. The predicted molar refractivity (Wildman–Crippen MR) is 173 cm³/mol. The monoisotopic (exact) mass is 623 g/mol. The van der Waals surface area contributed by atoms with Gasteiger partial charge in [0.25, 0.3) is 10.0 Å². The summed E-state index contributed by atoms with van der Waals surface area (Å²) in [6.07, 6.45) is 5.53. The summed E-state index contributed by atoms with van der Waals surface area (Å²) in [5.41, 5.74) is 3.88. The third kappa shape index (κ3) is 8.18. The van der Waals surface area contributed by atoms with Crippen molar-refractivity contribution in [3.8, 4) is 0 Å². The van der Waals surface area contributed by atoms with Crippen LogP contribution in [0.15, 0.2) is 71.6 Å². The molecule has 0 spiro atoms. The summed E-state index contributed by atoms with van der Waals surface area (Å²) in [5.74, 6) is -0.679. The molecule has 43 heavy (non-hydrogen) atoms. The van der Waals surface area contributed by atoms with Crippen molar-refractivity contribution < 1.29 is 18.0 Å². The second-order valence-corrected chi connectivity index (χ2v) is 13.8. The Balaban J connectivity index is 1.72. The van der Waals surface area contributed by atoms with E-state index in [9.17, 15) is 18.0 Å². The zero-order chi connectivity index (χ0) is 31.1. The number of anilines is 1. The van der Waals surface area contributed by atoms with Crippen molar-refractivity contribution in [3.05, 3.63) is 94.0 Å². The SMILES string of the molecule is CC[C@H](C(=O)NC1CCCCC1)N(Cc1cccc(C)c1)C(=O)CN(c1ccc(C)c(Cl)c1)S(=O)(=O)c1ccc(C)cc1. The van der Waals surface area contributed by atoms with Crippen LogP contribution in [0.4, 0.5) is 5.69 Å². The molecule has 3 aromatic rings. The normalized spacial score (nSPS) is 14.6. The first-order valence-corrected chi connectivity index (χ1v) is 16.8. The highest BCUT2D eigenvalue weighted by Gasteiger charge is 2.34. The zero-order valence-electron chi connectivity index (χ0n) is 25.5. The number of aryl methyl sites for hydroxylation is 3. The number of halogens is 1. The van der Waals surface area contributed by atoms with Gasteiger partial charge in [-0.15, -0.1) is 0 Å². The summed E-state index contributed by atoms with van der Waals surface area (Å²) in [6.45, 7) is 7.24. The van der Waals surface area contributed by atoms with Crippen LogP contribution in [0.25, 0.3) is 0 Å².